The first-order valence-corrected chi connectivity index (χ1v) is 7.37. The summed E-state index contributed by atoms with van der Waals surface area (Å²) in [5, 5.41) is 20.9. The van der Waals surface area contributed by atoms with E-state index in [1.165, 1.54) is 10.6 Å². The SMILES string of the molecule is Cc1ccc(C)n1/C(C#N)=C(\C#N)NC(=O)c1cccc(C(F)(F)F)c1. The molecule has 1 heterocycles. The van der Waals surface area contributed by atoms with E-state index in [4.69, 9.17) is 0 Å². The van der Waals surface area contributed by atoms with Crippen molar-refractivity contribution in [3.05, 3.63) is 64.6 Å². The summed E-state index contributed by atoms with van der Waals surface area (Å²) in [6.07, 6.45) is -4.60. The molecule has 1 amide bonds. The maximum Gasteiger partial charge on any atom is 0.416 e. The van der Waals surface area contributed by atoms with Crippen molar-refractivity contribution in [2.75, 3.05) is 0 Å². The minimum Gasteiger partial charge on any atom is -0.311 e. The van der Waals surface area contributed by atoms with Crippen LogP contribution in [0.3, 0.4) is 0 Å². The summed E-state index contributed by atoms with van der Waals surface area (Å²) in [5.74, 6) is -0.914. The molecule has 8 heteroatoms. The molecule has 0 saturated carbocycles. The van der Waals surface area contributed by atoms with E-state index in [1.54, 1.807) is 32.0 Å². The summed E-state index contributed by atoms with van der Waals surface area (Å²) < 4.78 is 39.8. The van der Waals surface area contributed by atoms with Crippen LogP contribution in [0.25, 0.3) is 5.70 Å². The number of aromatic nitrogens is 1. The number of alkyl halides is 3. The lowest BCUT2D eigenvalue weighted by molar-refractivity contribution is -0.137. The summed E-state index contributed by atoms with van der Waals surface area (Å²) in [6, 6.07) is 10.9. The van der Waals surface area contributed by atoms with Gasteiger partial charge >= 0.3 is 6.18 Å². The minimum atomic E-state index is -4.60. The van der Waals surface area contributed by atoms with E-state index >= 15 is 0 Å². The molecule has 5 nitrogen and oxygen atoms in total. The van der Waals surface area contributed by atoms with Gasteiger partial charge in [0.25, 0.3) is 5.91 Å². The van der Waals surface area contributed by atoms with Gasteiger partial charge in [-0.05, 0) is 44.2 Å². The molecule has 26 heavy (non-hydrogen) atoms. The smallest absolute Gasteiger partial charge is 0.311 e. The number of benzene rings is 1. The fourth-order valence-electron chi connectivity index (χ4n) is 2.40. The van der Waals surface area contributed by atoms with Crippen molar-refractivity contribution in [1.82, 2.24) is 9.88 Å². The third-order valence-corrected chi connectivity index (χ3v) is 3.64. The molecule has 0 aliphatic carbocycles. The fraction of sp³-hybridized carbons (Fsp3) is 0.167. The molecule has 0 atom stereocenters. The van der Waals surface area contributed by atoms with E-state index in [0.717, 1.165) is 12.1 Å². The first-order chi connectivity index (χ1) is 12.2. The van der Waals surface area contributed by atoms with Gasteiger partial charge in [-0.25, -0.2) is 0 Å². The third kappa shape index (κ3) is 3.76. The van der Waals surface area contributed by atoms with Crippen LogP contribution in [0.4, 0.5) is 13.2 Å². The summed E-state index contributed by atoms with van der Waals surface area (Å²) in [7, 11) is 0. The Balaban J connectivity index is 2.43. The number of aryl methyl sites for hydroxylation is 2. The predicted octanol–water partition coefficient (Wildman–Crippen LogP) is 3.77. The Kier molecular flexibility index (Phi) is 5.18. The van der Waals surface area contributed by atoms with E-state index in [-0.39, 0.29) is 17.0 Å². The predicted molar refractivity (Wildman–Crippen MR) is 87.3 cm³/mol. The van der Waals surface area contributed by atoms with Crippen molar-refractivity contribution >= 4 is 11.6 Å². The molecule has 1 aromatic heterocycles. The van der Waals surface area contributed by atoms with Gasteiger partial charge in [0, 0.05) is 17.0 Å². The summed E-state index contributed by atoms with van der Waals surface area (Å²) in [5.41, 5.74) is -0.388. The van der Waals surface area contributed by atoms with Gasteiger partial charge in [-0.15, -0.1) is 0 Å². The highest BCUT2D eigenvalue weighted by Gasteiger charge is 2.31. The van der Waals surface area contributed by atoms with Crippen molar-refractivity contribution in [2.24, 2.45) is 0 Å². The monoisotopic (exact) mass is 358 g/mol. The molecular formula is C18H13F3N4O. The Morgan fingerprint density at radius 1 is 1.08 bits per heavy atom. The van der Waals surface area contributed by atoms with E-state index in [9.17, 15) is 28.5 Å². The largest absolute Gasteiger partial charge is 0.416 e. The number of nitriles is 2. The van der Waals surface area contributed by atoms with Crippen LogP contribution < -0.4 is 5.32 Å². The molecule has 132 valence electrons. The highest BCUT2D eigenvalue weighted by Crippen LogP contribution is 2.29. The second kappa shape index (κ2) is 7.16. The van der Waals surface area contributed by atoms with Crippen molar-refractivity contribution < 1.29 is 18.0 Å². The quantitative estimate of drug-likeness (QED) is 0.848. The fourth-order valence-corrected chi connectivity index (χ4v) is 2.40. The Morgan fingerprint density at radius 3 is 2.19 bits per heavy atom. The first kappa shape index (κ1) is 18.8. The van der Waals surface area contributed by atoms with Crippen molar-refractivity contribution in [2.45, 2.75) is 20.0 Å². The average Bonchev–Trinajstić information content (AvgIpc) is 2.93. The van der Waals surface area contributed by atoms with Gasteiger partial charge in [0.15, 0.2) is 11.4 Å². The van der Waals surface area contributed by atoms with Crippen LogP contribution in [-0.4, -0.2) is 10.5 Å². The normalized spacial score (nSPS) is 12.0. The highest BCUT2D eigenvalue weighted by molar-refractivity contribution is 5.97. The molecule has 2 rings (SSSR count). The summed E-state index contributed by atoms with van der Waals surface area (Å²) >= 11 is 0. The Bertz CT molecular complexity index is 952. The van der Waals surface area contributed by atoms with E-state index in [2.05, 4.69) is 5.32 Å². The van der Waals surface area contributed by atoms with E-state index in [0.29, 0.717) is 17.5 Å². The van der Waals surface area contributed by atoms with Crippen LogP contribution >= 0.6 is 0 Å². The Morgan fingerprint density at radius 2 is 1.69 bits per heavy atom. The number of allylic oxidation sites excluding steroid dienone is 2. The van der Waals surface area contributed by atoms with Crippen LogP contribution in [0, 0.1) is 36.5 Å². The van der Waals surface area contributed by atoms with Crippen molar-refractivity contribution in [3.8, 4) is 12.1 Å². The number of carbonyl (C=O) groups excluding carboxylic acids is 1. The van der Waals surface area contributed by atoms with Gasteiger partial charge in [-0.1, -0.05) is 6.07 Å². The third-order valence-electron chi connectivity index (χ3n) is 3.64. The number of hydrogen-bond donors (Lipinski definition) is 1. The van der Waals surface area contributed by atoms with Crippen LogP contribution in [0.2, 0.25) is 0 Å². The van der Waals surface area contributed by atoms with Crippen LogP contribution in [0.5, 0.6) is 0 Å². The topological polar surface area (TPSA) is 81.6 Å². The molecule has 0 unspecified atom stereocenters. The Hall–Kier alpha value is -3.52. The molecule has 0 radical (unpaired) electrons. The average molecular weight is 358 g/mol. The maximum absolute atomic E-state index is 12.8. The molecule has 0 aliphatic heterocycles. The van der Waals surface area contributed by atoms with Gasteiger partial charge in [-0.2, -0.15) is 23.7 Å². The lowest BCUT2D eigenvalue weighted by atomic mass is 10.1. The second-order valence-electron chi connectivity index (χ2n) is 5.43. The minimum absolute atomic E-state index is 0.118. The molecule has 0 aliphatic rings. The van der Waals surface area contributed by atoms with Crippen LogP contribution in [0.15, 0.2) is 42.1 Å². The lowest BCUT2D eigenvalue weighted by Crippen LogP contribution is -2.24. The first-order valence-electron chi connectivity index (χ1n) is 7.37. The number of hydrogen-bond acceptors (Lipinski definition) is 3. The maximum atomic E-state index is 12.8. The van der Waals surface area contributed by atoms with Gasteiger partial charge in [-0.3, -0.25) is 4.79 Å². The number of rotatable bonds is 3. The van der Waals surface area contributed by atoms with Gasteiger partial charge in [0.1, 0.15) is 12.1 Å². The second-order valence-corrected chi connectivity index (χ2v) is 5.43. The number of halogens is 3. The van der Waals surface area contributed by atoms with Gasteiger partial charge in [0.2, 0.25) is 0 Å². The zero-order chi connectivity index (χ0) is 19.5. The number of nitrogens with one attached hydrogen (secondary N) is 1. The van der Waals surface area contributed by atoms with Crippen molar-refractivity contribution in [3.63, 3.8) is 0 Å². The summed E-state index contributed by atoms with van der Waals surface area (Å²) in [4.78, 5) is 12.3. The number of amides is 1. The number of nitrogens with zero attached hydrogens (tertiary/aromatic N) is 3. The Labute approximate surface area is 147 Å². The summed E-state index contributed by atoms with van der Waals surface area (Å²) in [6.45, 7) is 3.43. The zero-order valence-corrected chi connectivity index (χ0v) is 13.8. The molecule has 1 aromatic carbocycles. The number of carbonyl (C=O) groups is 1. The van der Waals surface area contributed by atoms with Crippen molar-refractivity contribution in [1.29, 1.82) is 10.5 Å². The lowest BCUT2D eigenvalue weighted by Gasteiger charge is -2.12. The van der Waals surface area contributed by atoms with Crippen LogP contribution in [0.1, 0.15) is 27.3 Å². The van der Waals surface area contributed by atoms with Gasteiger partial charge in [0.05, 0.1) is 5.56 Å². The van der Waals surface area contributed by atoms with E-state index in [1.807, 2.05) is 6.07 Å². The highest BCUT2D eigenvalue weighted by atomic mass is 19.4. The zero-order valence-electron chi connectivity index (χ0n) is 13.8. The molecule has 1 N–H and O–H groups in total. The molecule has 2 aromatic rings. The molecule has 0 spiro atoms. The molecular weight excluding hydrogens is 345 g/mol. The molecule has 0 fully saturated rings. The van der Waals surface area contributed by atoms with E-state index < -0.39 is 17.6 Å². The van der Waals surface area contributed by atoms with Gasteiger partial charge < -0.3 is 9.88 Å². The molecule has 0 saturated heterocycles. The van der Waals surface area contributed by atoms with Crippen LogP contribution in [-0.2, 0) is 6.18 Å². The molecule has 0 bridgehead atoms. The standard InChI is InChI=1S/C18H13F3N4O/c1-11-6-7-12(2)25(11)16(10-23)15(9-22)24-17(26)13-4-3-5-14(8-13)18(19,20)21/h3-8H,1-2H3,(H,24,26)/b16-15+.